The van der Waals surface area contributed by atoms with E-state index in [0.717, 1.165) is 21.3 Å². The van der Waals surface area contributed by atoms with Crippen LogP contribution in [0.1, 0.15) is 45.0 Å². The van der Waals surface area contributed by atoms with Gasteiger partial charge in [0.1, 0.15) is 5.00 Å². The molecule has 3 rings (SSSR count). The van der Waals surface area contributed by atoms with Crippen molar-refractivity contribution in [2.45, 2.75) is 33.8 Å². The molecule has 2 aromatic heterocycles. The van der Waals surface area contributed by atoms with Gasteiger partial charge < -0.3 is 15.0 Å². The normalized spacial score (nSPS) is 12.0. The Morgan fingerprint density at radius 3 is 2.59 bits per heavy atom. The molecule has 0 aliphatic carbocycles. The zero-order chi connectivity index (χ0) is 19.7. The average molecular weight is 384 g/mol. The minimum atomic E-state index is -0.957. The lowest BCUT2D eigenvalue weighted by Gasteiger charge is -2.13. The Morgan fingerprint density at radius 2 is 1.89 bits per heavy atom. The van der Waals surface area contributed by atoms with E-state index in [1.165, 1.54) is 18.3 Å². The predicted octanol–water partition coefficient (Wildman–Crippen LogP) is 4.23. The van der Waals surface area contributed by atoms with E-state index in [9.17, 15) is 14.4 Å². The van der Waals surface area contributed by atoms with Crippen LogP contribution in [0.4, 0.5) is 5.00 Å². The van der Waals surface area contributed by atoms with Crippen molar-refractivity contribution in [2.24, 2.45) is 0 Å². The molecule has 1 amide bonds. The van der Waals surface area contributed by atoms with E-state index in [0.29, 0.717) is 16.1 Å². The number of ketones is 1. The van der Waals surface area contributed by atoms with Gasteiger partial charge in [0.15, 0.2) is 6.10 Å². The number of ether oxygens (including phenoxy) is 1. The second kappa shape index (κ2) is 7.36. The number of Topliss-reactive ketones (excluding diaryl/α,β-unsaturated/α-hetero) is 1. The number of thiophene rings is 1. The molecule has 6 nitrogen and oxygen atoms in total. The van der Waals surface area contributed by atoms with E-state index >= 15 is 0 Å². The highest BCUT2D eigenvalue weighted by Gasteiger charge is 2.27. The summed E-state index contributed by atoms with van der Waals surface area (Å²) in [6, 6.07) is 7.44. The fourth-order valence-electron chi connectivity index (χ4n) is 2.89. The van der Waals surface area contributed by atoms with Crippen LogP contribution >= 0.6 is 11.3 Å². The fraction of sp³-hybridized carbons (Fsp3) is 0.250. The zero-order valence-corrected chi connectivity index (χ0v) is 16.3. The van der Waals surface area contributed by atoms with Gasteiger partial charge in [0.2, 0.25) is 11.7 Å². The van der Waals surface area contributed by atoms with Gasteiger partial charge in [-0.05, 0) is 32.4 Å². The Balaban J connectivity index is 1.84. The summed E-state index contributed by atoms with van der Waals surface area (Å²) < 4.78 is 5.44. The van der Waals surface area contributed by atoms with Crippen molar-refractivity contribution in [3.63, 3.8) is 0 Å². The maximum absolute atomic E-state index is 12.8. The van der Waals surface area contributed by atoms with Crippen LogP contribution < -0.4 is 5.32 Å². The first-order valence-electron chi connectivity index (χ1n) is 8.48. The maximum Gasteiger partial charge on any atom is 0.342 e. The second-order valence-corrected chi connectivity index (χ2v) is 7.55. The summed E-state index contributed by atoms with van der Waals surface area (Å²) in [6.07, 6.45) is 0.668. The number of amides is 1. The summed E-state index contributed by atoms with van der Waals surface area (Å²) in [5, 5.41) is 3.88. The topological polar surface area (TPSA) is 88.3 Å². The largest absolute Gasteiger partial charge is 0.451 e. The molecule has 140 valence electrons. The highest BCUT2D eigenvalue weighted by molar-refractivity contribution is 7.16. The molecule has 0 spiro atoms. The van der Waals surface area contributed by atoms with Crippen LogP contribution in [0.15, 0.2) is 30.5 Å². The van der Waals surface area contributed by atoms with Crippen LogP contribution in [0.5, 0.6) is 0 Å². The number of H-pyrrole nitrogens is 1. The molecule has 2 N–H and O–H groups in total. The molecule has 0 saturated carbocycles. The number of carbonyl (C=O) groups excluding carboxylic acids is 3. The number of aromatic nitrogens is 1. The van der Waals surface area contributed by atoms with Gasteiger partial charge in [0, 0.05) is 34.5 Å². The maximum atomic E-state index is 12.8. The number of para-hydroxylation sites is 1. The minimum Gasteiger partial charge on any atom is -0.451 e. The predicted molar refractivity (Wildman–Crippen MR) is 106 cm³/mol. The van der Waals surface area contributed by atoms with Gasteiger partial charge in [-0.3, -0.25) is 9.59 Å². The Morgan fingerprint density at radius 1 is 1.19 bits per heavy atom. The van der Waals surface area contributed by atoms with E-state index in [2.05, 4.69) is 10.3 Å². The molecule has 3 aromatic rings. The number of hydrogen-bond acceptors (Lipinski definition) is 5. The quantitative estimate of drug-likeness (QED) is 0.509. The smallest absolute Gasteiger partial charge is 0.342 e. The standard InChI is InChI=1S/C20H20N2O4S/c1-10-12(3)27-19(22-13(4)23)17(10)20(25)26-11(2)18(24)15-9-21-16-8-6-5-7-14(15)16/h5-9,11,21H,1-4H3,(H,22,23)/t11-/m1/s1. The van der Waals surface area contributed by atoms with Crippen LogP contribution in [-0.2, 0) is 9.53 Å². The van der Waals surface area contributed by atoms with Gasteiger partial charge in [-0.1, -0.05) is 18.2 Å². The number of hydrogen-bond donors (Lipinski definition) is 2. The first-order chi connectivity index (χ1) is 12.8. The molecule has 0 radical (unpaired) electrons. The summed E-state index contributed by atoms with van der Waals surface area (Å²) in [7, 11) is 0. The van der Waals surface area contributed by atoms with Gasteiger partial charge >= 0.3 is 5.97 Å². The first kappa shape index (κ1) is 18.8. The van der Waals surface area contributed by atoms with Gasteiger partial charge in [-0.2, -0.15) is 0 Å². The van der Waals surface area contributed by atoms with E-state index in [-0.39, 0.29) is 11.7 Å². The van der Waals surface area contributed by atoms with Gasteiger partial charge in [0.05, 0.1) is 5.56 Å². The lowest BCUT2D eigenvalue weighted by atomic mass is 10.1. The van der Waals surface area contributed by atoms with E-state index in [1.54, 1.807) is 20.0 Å². The van der Waals surface area contributed by atoms with Gasteiger partial charge in [-0.15, -0.1) is 11.3 Å². The van der Waals surface area contributed by atoms with Crippen LogP contribution in [0.25, 0.3) is 10.9 Å². The molecule has 0 aliphatic rings. The van der Waals surface area contributed by atoms with E-state index in [1.807, 2.05) is 31.2 Å². The molecule has 0 aliphatic heterocycles. The Labute approximate surface area is 160 Å². The summed E-state index contributed by atoms with van der Waals surface area (Å²) >= 11 is 1.31. The zero-order valence-electron chi connectivity index (χ0n) is 15.5. The number of anilines is 1. The molecule has 0 unspecified atom stereocenters. The molecule has 2 heterocycles. The van der Waals surface area contributed by atoms with Crippen LogP contribution in [0, 0.1) is 13.8 Å². The second-order valence-electron chi connectivity index (χ2n) is 6.33. The van der Waals surface area contributed by atoms with Crippen LogP contribution in [0.2, 0.25) is 0 Å². The molecule has 7 heteroatoms. The highest BCUT2D eigenvalue weighted by atomic mass is 32.1. The molecule has 1 atom stereocenters. The number of aryl methyl sites for hydroxylation is 1. The van der Waals surface area contributed by atoms with E-state index < -0.39 is 12.1 Å². The summed E-state index contributed by atoms with van der Waals surface area (Å²) in [6.45, 7) is 6.58. The lowest BCUT2D eigenvalue weighted by Crippen LogP contribution is -2.25. The molecule has 0 bridgehead atoms. The average Bonchev–Trinajstić information content (AvgIpc) is 3.15. The molecule has 27 heavy (non-hydrogen) atoms. The summed E-state index contributed by atoms with van der Waals surface area (Å²) in [5.74, 6) is -1.18. The van der Waals surface area contributed by atoms with E-state index in [4.69, 9.17) is 4.74 Å². The number of carbonyl (C=O) groups is 3. The van der Waals surface area contributed by atoms with Crippen molar-refractivity contribution >= 4 is 44.9 Å². The molecular formula is C20H20N2O4S. The Hall–Kier alpha value is -2.93. The number of nitrogens with one attached hydrogen (secondary N) is 2. The summed E-state index contributed by atoms with van der Waals surface area (Å²) in [5.41, 5.74) is 2.36. The van der Waals surface area contributed by atoms with Crippen LogP contribution in [-0.4, -0.2) is 28.7 Å². The molecule has 0 saturated heterocycles. The van der Waals surface area contributed by atoms with Crippen molar-refractivity contribution in [3.05, 3.63) is 52.0 Å². The third kappa shape index (κ3) is 3.64. The Kier molecular flexibility index (Phi) is 5.14. The van der Waals surface area contributed by atoms with Gasteiger partial charge in [0.25, 0.3) is 0 Å². The third-order valence-electron chi connectivity index (χ3n) is 4.39. The number of esters is 1. The van der Waals surface area contributed by atoms with Crippen molar-refractivity contribution < 1.29 is 19.1 Å². The molecular weight excluding hydrogens is 364 g/mol. The number of fused-ring (bicyclic) bond motifs is 1. The monoisotopic (exact) mass is 384 g/mol. The van der Waals surface area contributed by atoms with Crippen LogP contribution in [0.3, 0.4) is 0 Å². The van der Waals surface area contributed by atoms with Crippen molar-refractivity contribution in [3.8, 4) is 0 Å². The Bertz CT molecular complexity index is 1050. The highest BCUT2D eigenvalue weighted by Crippen LogP contribution is 2.33. The molecule has 1 aromatic carbocycles. The SMILES string of the molecule is CC(=O)Nc1sc(C)c(C)c1C(=O)O[C@H](C)C(=O)c1c[nH]c2ccccc12. The third-order valence-corrected chi connectivity index (χ3v) is 5.51. The van der Waals surface area contributed by atoms with Crippen molar-refractivity contribution in [1.82, 2.24) is 4.98 Å². The lowest BCUT2D eigenvalue weighted by molar-refractivity contribution is -0.114. The van der Waals surface area contributed by atoms with Gasteiger partial charge in [-0.25, -0.2) is 4.79 Å². The summed E-state index contributed by atoms with van der Waals surface area (Å²) in [4.78, 5) is 40.8. The molecule has 0 fully saturated rings. The van der Waals surface area contributed by atoms with Crippen molar-refractivity contribution in [2.75, 3.05) is 5.32 Å². The van der Waals surface area contributed by atoms with Crippen molar-refractivity contribution in [1.29, 1.82) is 0 Å². The fourth-order valence-corrected chi connectivity index (χ4v) is 3.98. The number of aromatic amines is 1. The first-order valence-corrected chi connectivity index (χ1v) is 9.30. The number of benzene rings is 1. The minimum absolute atomic E-state index is 0.270. The number of rotatable bonds is 5.